The molecule has 0 aromatic carbocycles. The van der Waals surface area contributed by atoms with Gasteiger partial charge < -0.3 is 10.0 Å². The molecular weight excluding hydrogens is 118 g/mol. The molecule has 1 amide bonds. The second kappa shape index (κ2) is 3.45. The van der Waals surface area contributed by atoms with Gasteiger partial charge in [0, 0.05) is 13.5 Å². The lowest BCUT2D eigenvalue weighted by molar-refractivity contribution is -0.137. The maximum Gasteiger partial charge on any atom is 0.221 e. The van der Waals surface area contributed by atoms with Gasteiger partial charge in [-0.2, -0.15) is 0 Å². The molecule has 9 heavy (non-hydrogen) atoms. The Morgan fingerprint density at radius 1 is 1.78 bits per heavy atom. The van der Waals surface area contributed by atoms with Crippen molar-refractivity contribution in [1.82, 2.24) is 4.90 Å². The summed E-state index contributed by atoms with van der Waals surface area (Å²) in [6.45, 7) is 5.40. The second-order valence-electron chi connectivity index (χ2n) is 1.94. The summed E-state index contributed by atoms with van der Waals surface area (Å²) >= 11 is 0. The van der Waals surface area contributed by atoms with Gasteiger partial charge in [-0.05, 0) is 13.8 Å². The molecule has 0 spiro atoms. The summed E-state index contributed by atoms with van der Waals surface area (Å²) in [7, 11) is 0. The Kier molecular flexibility index (Phi) is 3.24. The number of hydrogen-bond acceptors (Lipinski definition) is 2. The first-order chi connectivity index (χ1) is 4.09. The van der Waals surface area contributed by atoms with E-state index in [1.807, 2.05) is 6.92 Å². The first-order valence-electron chi connectivity index (χ1n) is 3.04. The average molecular weight is 131 g/mol. The quantitative estimate of drug-likeness (QED) is 0.543. The molecule has 0 aromatic heterocycles. The van der Waals surface area contributed by atoms with E-state index in [9.17, 15) is 4.79 Å². The van der Waals surface area contributed by atoms with Gasteiger partial charge in [0.05, 0.1) is 0 Å². The van der Waals surface area contributed by atoms with E-state index in [-0.39, 0.29) is 5.91 Å². The van der Waals surface area contributed by atoms with E-state index < -0.39 is 6.23 Å². The van der Waals surface area contributed by atoms with Gasteiger partial charge in [0.2, 0.25) is 5.91 Å². The third kappa shape index (κ3) is 2.46. The molecule has 0 aliphatic carbocycles. The highest BCUT2D eigenvalue weighted by Gasteiger charge is 2.09. The SMILES string of the molecule is CCN(C(C)=O)C(C)O. The van der Waals surface area contributed by atoms with Crippen molar-refractivity contribution in [2.45, 2.75) is 27.0 Å². The summed E-state index contributed by atoms with van der Waals surface area (Å²) in [5, 5.41) is 8.89. The third-order valence-electron chi connectivity index (χ3n) is 1.20. The molecule has 1 N–H and O–H groups in total. The standard InChI is InChI=1S/C6H13NO2/c1-4-7(5(2)8)6(3)9/h5,8H,4H2,1-3H3. The molecule has 0 aliphatic heterocycles. The number of hydrogen-bond donors (Lipinski definition) is 1. The van der Waals surface area contributed by atoms with Crippen LogP contribution in [0.5, 0.6) is 0 Å². The molecule has 54 valence electrons. The van der Waals surface area contributed by atoms with Crippen molar-refractivity contribution >= 4 is 5.91 Å². The van der Waals surface area contributed by atoms with Crippen LogP contribution in [0.4, 0.5) is 0 Å². The van der Waals surface area contributed by atoms with Crippen LogP contribution in [0.15, 0.2) is 0 Å². The van der Waals surface area contributed by atoms with Crippen molar-refractivity contribution in [3.63, 3.8) is 0 Å². The molecule has 0 saturated carbocycles. The number of aliphatic hydroxyl groups is 1. The summed E-state index contributed by atoms with van der Waals surface area (Å²) in [5.74, 6) is -0.0903. The zero-order chi connectivity index (χ0) is 7.44. The van der Waals surface area contributed by atoms with Crippen LogP contribution in [0, 0.1) is 0 Å². The van der Waals surface area contributed by atoms with Gasteiger partial charge in [0.25, 0.3) is 0 Å². The number of nitrogens with zero attached hydrogens (tertiary/aromatic N) is 1. The largest absolute Gasteiger partial charge is 0.374 e. The predicted molar refractivity (Wildman–Crippen MR) is 34.7 cm³/mol. The number of carbonyl (C=O) groups excluding carboxylic acids is 1. The zero-order valence-corrected chi connectivity index (χ0v) is 6.09. The van der Waals surface area contributed by atoms with Crippen molar-refractivity contribution < 1.29 is 9.90 Å². The molecule has 3 heteroatoms. The lowest BCUT2D eigenvalue weighted by Crippen LogP contribution is -2.36. The van der Waals surface area contributed by atoms with E-state index in [2.05, 4.69) is 0 Å². The van der Waals surface area contributed by atoms with Crippen molar-refractivity contribution in [2.24, 2.45) is 0 Å². The van der Waals surface area contributed by atoms with Crippen LogP contribution in [0.2, 0.25) is 0 Å². The molecule has 0 saturated heterocycles. The Balaban J connectivity index is 3.83. The Labute approximate surface area is 55.3 Å². The van der Waals surface area contributed by atoms with Gasteiger partial charge in [-0.1, -0.05) is 0 Å². The molecule has 0 aromatic rings. The first kappa shape index (κ1) is 8.43. The van der Waals surface area contributed by atoms with E-state index in [4.69, 9.17) is 5.11 Å². The number of amides is 1. The van der Waals surface area contributed by atoms with Crippen molar-refractivity contribution in [3.05, 3.63) is 0 Å². The molecule has 0 bridgehead atoms. The highest BCUT2D eigenvalue weighted by Crippen LogP contribution is 1.93. The molecule has 0 heterocycles. The Morgan fingerprint density at radius 3 is 2.22 bits per heavy atom. The minimum Gasteiger partial charge on any atom is -0.374 e. The van der Waals surface area contributed by atoms with Crippen LogP contribution in [0.3, 0.4) is 0 Å². The van der Waals surface area contributed by atoms with Crippen LogP contribution in [0.1, 0.15) is 20.8 Å². The van der Waals surface area contributed by atoms with Gasteiger partial charge in [0.15, 0.2) is 0 Å². The van der Waals surface area contributed by atoms with Crippen molar-refractivity contribution in [2.75, 3.05) is 6.54 Å². The number of aliphatic hydroxyl groups excluding tert-OH is 1. The molecule has 1 atom stereocenters. The lowest BCUT2D eigenvalue weighted by atomic mass is 10.4. The van der Waals surface area contributed by atoms with Gasteiger partial charge >= 0.3 is 0 Å². The van der Waals surface area contributed by atoms with Crippen LogP contribution in [0.25, 0.3) is 0 Å². The number of carbonyl (C=O) groups is 1. The lowest BCUT2D eigenvalue weighted by Gasteiger charge is -2.21. The fourth-order valence-electron chi connectivity index (χ4n) is 0.750. The summed E-state index contributed by atoms with van der Waals surface area (Å²) in [5.41, 5.74) is 0. The maximum atomic E-state index is 10.6. The zero-order valence-electron chi connectivity index (χ0n) is 6.09. The minimum atomic E-state index is -0.660. The maximum absolute atomic E-state index is 10.6. The first-order valence-corrected chi connectivity index (χ1v) is 3.04. The van der Waals surface area contributed by atoms with Gasteiger partial charge in [-0.15, -0.1) is 0 Å². The van der Waals surface area contributed by atoms with Crippen LogP contribution in [-0.2, 0) is 4.79 Å². The molecule has 0 fully saturated rings. The Morgan fingerprint density at radius 2 is 2.22 bits per heavy atom. The highest BCUT2D eigenvalue weighted by atomic mass is 16.3. The molecule has 0 rings (SSSR count). The Hall–Kier alpha value is -0.570. The van der Waals surface area contributed by atoms with Crippen LogP contribution >= 0.6 is 0 Å². The van der Waals surface area contributed by atoms with E-state index in [0.29, 0.717) is 6.54 Å². The monoisotopic (exact) mass is 131 g/mol. The fraction of sp³-hybridized carbons (Fsp3) is 0.833. The van der Waals surface area contributed by atoms with E-state index in [0.717, 1.165) is 0 Å². The van der Waals surface area contributed by atoms with Gasteiger partial charge in [-0.3, -0.25) is 4.79 Å². The van der Waals surface area contributed by atoms with E-state index in [1.54, 1.807) is 6.92 Å². The molecule has 0 radical (unpaired) electrons. The average Bonchev–Trinajstić information content (AvgIpc) is 1.64. The van der Waals surface area contributed by atoms with Gasteiger partial charge in [0.1, 0.15) is 6.23 Å². The van der Waals surface area contributed by atoms with E-state index >= 15 is 0 Å². The molecular formula is C6H13NO2. The van der Waals surface area contributed by atoms with E-state index in [1.165, 1.54) is 11.8 Å². The minimum absolute atomic E-state index is 0.0903. The topological polar surface area (TPSA) is 40.5 Å². The molecule has 1 unspecified atom stereocenters. The summed E-state index contributed by atoms with van der Waals surface area (Å²) in [6, 6.07) is 0. The van der Waals surface area contributed by atoms with Gasteiger partial charge in [-0.25, -0.2) is 0 Å². The summed E-state index contributed by atoms with van der Waals surface area (Å²) in [6.07, 6.45) is -0.660. The van der Waals surface area contributed by atoms with Crippen molar-refractivity contribution in [3.8, 4) is 0 Å². The normalized spacial score (nSPS) is 12.9. The molecule has 0 aliphatic rings. The smallest absolute Gasteiger partial charge is 0.221 e. The number of rotatable bonds is 2. The summed E-state index contributed by atoms with van der Waals surface area (Å²) < 4.78 is 0. The third-order valence-corrected chi connectivity index (χ3v) is 1.20. The molecule has 3 nitrogen and oxygen atoms in total. The predicted octanol–water partition coefficient (Wildman–Crippen LogP) is 0.193. The van der Waals surface area contributed by atoms with Crippen LogP contribution < -0.4 is 0 Å². The highest BCUT2D eigenvalue weighted by molar-refractivity contribution is 5.73. The van der Waals surface area contributed by atoms with Crippen molar-refractivity contribution in [1.29, 1.82) is 0 Å². The second-order valence-corrected chi connectivity index (χ2v) is 1.94. The van der Waals surface area contributed by atoms with Crippen LogP contribution in [-0.4, -0.2) is 28.7 Å². The summed E-state index contributed by atoms with van der Waals surface area (Å²) in [4.78, 5) is 12.0. The fourth-order valence-corrected chi connectivity index (χ4v) is 0.750. The Bertz CT molecular complexity index is 101.